The number of carbonyl (C=O) groups excluding carboxylic acids is 1. The highest BCUT2D eigenvalue weighted by Gasteiger charge is 2.45. The van der Waals surface area contributed by atoms with Crippen molar-refractivity contribution < 1.29 is 4.79 Å². The van der Waals surface area contributed by atoms with E-state index < -0.39 is 0 Å². The van der Waals surface area contributed by atoms with Gasteiger partial charge in [0.2, 0.25) is 0 Å². The number of hydrogen-bond donors (Lipinski definition) is 0. The number of rotatable bonds is 2. The van der Waals surface area contributed by atoms with Crippen LogP contribution in [-0.2, 0) is 0 Å². The molecule has 4 heteroatoms. The van der Waals surface area contributed by atoms with Crippen LogP contribution in [0.1, 0.15) is 34.8 Å². The van der Waals surface area contributed by atoms with E-state index >= 15 is 0 Å². The zero-order chi connectivity index (χ0) is 13.7. The molecule has 4 rings (SSSR count). The van der Waals surface area contributed by atoms with Gasteiger partial charge < -0.3 is 0 Å². The summed E-state index contributed by atoms with van der Waals surface area (Å²) in [5.74, 6) is 0.598. The monoisotopic (exact) mass is 284 g/mol. The van der Waals surface area contributed by atoms with Crippen LogP contribution in [0.25, 0.3) is 0 Å². The molecule has 2 aromatic rings. The number of amides is 1. The number of carbonyl (C=O) groups is 1. The fourth-order valence-electron chi connectivity index (χ4n) is 3.02. The molecule has 1 aliphatic heterocycles. The molecule has 1 aromatic carbocycles. The molecule has 2 aliphatic rings. The Hall–Kier alpha value is -1.87. The van der Waals surface area contributed by atoms with Crippen LogP contribution in [0, 0.1) is 5.92 Å². The minimum atomic E-state index is 0.0570. The Morgan fingerprint density at radius 2 is 2.10 bits per heavy atom. The smallest absolute Gasteiger partial charge is 0.259 e. The summed E-state index contributed by atoms with van der Waals surface area (Å²) in [6.45, 7) is 0. The number of benzene rings is 1. The van der Waals surface area contributed by atoms with Gasteiger partial charge in [-0.2, -0.15) is 0 Å². The highest BCUT2D eigenvalue weighted by atomic mass is 35.5. The Bertz CT molecular complexity index is 682. The number of halogens is 1. The third-order valence-corrected chi connectivity index (χ3v) is 4.29. The van der Waals surface area contributed by atoms with E-state index in [0.29, 0.717) is 10.9 Å². The molecule has 1 aromatic heterocycles. The lowest BCUT2D eigenvalue weighted by Crippen LogP contribution is -2.28. The number of anilines is 1. The minimum absolute atomic E-state index is 0.0570. The van der Waals surface area contributed by atoms with Crippen LogP contribution in [-0.4, -0.2) is 10.9 Å². The fraction of sp³-hybridized carbons (Fsp3) is 0.250. The second kappa shape index (κ2) is 4.32. The molecular formula is C16H13ClN2O. The van der Waals surface area contributed by atoms with Gasteiger partial charge in [-0.3, -0.25) is 14.7 Å². The normalized spacial score (nSPS) is 21.1. The Balaban J connectivity index is 1.86. The Kier molecular flexibility index (Phi) is 2.57. The van der Waals surface area contributed by atoms with E-state index in [1.807, 2.05) is 29.2 Å². The molecule has 1 fully saturated rings. The number of hydrogen-bond acceptors (Lipinski definition) is 2. The lowest BCUT2D eigenvalue weighted by Gasteiger charge is -2.25. The molecule has 1 aliphatic carbocycles. The van der Waals surface area contributed by atoms with E-state index in [1.54, 1.807) is 18.5 Å². The Morgan fingerprint density at radius 1 is 1.25 bits per heavy atom. The maximum absolute atomic E-state index is 12.7. The highest BCUT2D eigenvalue weighted by molar-refractivity contribution is 6.31. The molecule has 1 amide bonds. The fourth-order valence-corrected chi connectivity index (χ4v) is 3.20. The molecular weight excluding hydrogens is 272 g/mol. The Morgan fingerprint density at radius 3 is 2.80 bits per heavy atom. The van der Waals surface area contributed by atoms with Gasteiger partial charge in [-0.05, 0) is 54.7 Å². The van der Waals surface area contributed by atoms with Gasteiger partial charge in [0, 0.05) is 16.8 Å². The summed E-state index contributed by atoms with van der Waals surface area (Å²) < 4.78 is 0. The first-order valence-electron chi connectivity index (χ1n) is 6.79. The average molecular weight is 285 g/mol. The zero-order valence-corrected chi connectivity index (χ0v) is 11.5. The summed E-state index contributed by atoms with van der Waals surface area (Å²) >= 11 is 6.11. The molecule has 0 N–H and O–H groups in total. The van der Waals surface area contributed by atoms with Crippen molar-refractivity contribution in [3.05, 3.63) is 58.9 Å². The van der Waals surface area contributed by atoms with Crippen molar-refractivity contribution in [2.45, 2.75) is 18.9 Å². The van der Waals surface area contributed by atoms with E-state index in [2.05, 4.69) is 4.98 Å². The lowest BCUT2D eigenvalue weighted by molar-refractivity contribution is 0.0989. The van der Waals surface area contributed by atoms with Crippen LogP contribution < -0.4 is 4.90 Å². The zero-order valence-electron chi connectivity index (χ0n) is 10.8. The second-order valence-corrected chi connectivity index (χ2v) is 5.84. The number of aromatic nitrogens is 1. The molecule has 1 unspecified atom stereocenters. The molecule has 2 heterocycles. The summed E-state index contributed by atoms with van der Waals surface area (Å²) in [6, 6.07) is 9.48. The van der Waals surface area contributed by atoms with Gasteiger partial charge in [0.25, 0.3) is 5.91 Å². The lowest BCUT2D eigenvalue weighted by atomic mass is 10.0. The van der Waals surface area contributed by atoms with Crippen molar-refractivity contribution in [1.82, 2.24) is 4.98 Å². The van der Waals surface area contributed by atoms with Gasteiger partial charge in [-0.25, -0.2) is 0 Å². The molecule has 0 saturated heterocycles. The summed E-state index contributed by atoms with van der Waals surface area (Å²) in [5, 5.41) is 0.690. The SMILES string of the molecule is O=C1c2ccc(Cl)cc2C(C2CC2)N1c1cccnc1. The van der Waals surface area contributed by atoms with Crippen LogP contribution in [0.2, 0.25) is 5.02 Å². The molecule has 3 nitrogen and oxygen atoms in total. The summed E-state index contributed by atoms with van der Waals surface area (Å²) in [5.41, 5.74) is 2.70. The van der Waals surface area contributed by atoms with Gasteiger partial charge in [-0.1, -0.05) is 11.6 Å². The van der Waals surface area contributed by atoms with Gasteiger partial charge in [0.05, 0.1) is 17.9 Å². The quantitative estimate of drug-likeness (QED) is 0.839. The predicted molar refractivity (Wildman–Crippen MR) is 78.0 cm³/mol. The van der Waals surface area contributed by atoms with Crippen LogP contribution >= 0.6 is 11.6 Å². The van der Waals surface area contributed by atoms with E-state index in [9.17, 15) is 4.79 Å². The van der Waals surface area contributed by atoms with Crippen LogP contribution in [0.5, 0.6) is 0 Å². The summed E-state index contributed by atoms with van der Waals surface area (Å²) in [7, 11) is 0. The van der Waals surface area contributed by atoms with Crippen molar-refractivity contribution in [2.75, 3.05) is 4.90 Å². The van der Waals surface area contributed by atoms with Crippen molar-refractivity contribution in [3.63, 3.8) is 0 Å². The largest absolute Gasteiger partial charge is 0.299 e. The molecule has 0 spiro atoms. The molecule has 20 heavy (non-hydrogen) atoms. The average Bonchev–Trinajstić information content (AvgIpc) is 3.25. The Labute approximate surface area is 122 Å². The first-order chi connectivity index (χ1) is 9.75. The van der Waals surface area contributed by atoms with Gasteiger partial charge in [-0.15, -0.1) is 0 Å². The van der Waals surface area contributed by atoms with Crippen LogP contribution in [0.3, 0.4) is 0 Å². The highest BCUT2D eigenvalue weighted by Crippen LogP contribution is 2.51. The standard InChI is InChI=1S/C16H13ClN2O/c17-11-5-6-13-14(8-11)15(10-3-4-10)19(16(13)20)12-2-1-7-18-9-12/h1-2,5-10,15H,3-4H2. The van der Waals surface area contributed by atoms with Crippen molar-refractivity contribution in [3.8, 4) is 0 Å². The van der Waals surface area contributed by atoms with E-state index in [4.69, 9.17) is 11.6 Å². The summed E-state index contributed by atoms with van der Waals surface area (Å²) in [4.78, 5) is 18.7. The van der Waals surface area contributed by atoms with Crippen molar-refractivity contribution in [1.29, 1.82) is 0 Å². The van der Waals surface area contributed by atoms with Crippen molar-refractivity contribution >= 4 is 23.2 Å². The first kappa shape index (κ1) is 11.9. The third-order valence-electron chi connectivity index (χ3n) is 4.05. The number of nitrogens with zero attached hydrogens (tertiary/aromatic N) is 2. The molecule has 0 bridgehead atoms. The van der Waals surface area contributed by atoms with Crippen molar-refractivity contribution in [2.24, 2.45) is 5.92 Å². The molecule has 1 atom stereocenters. The van der Waals surface area contributed by atoms with Crippen LogP contribution in [0.4, 0.5) is 5.69 Å². The topological polar surface area (TPSA) is 33.2 Å². The number of pyridine rings is 1. The minimum Gasteiger partial charge on any atom is -0.299 e. The maximum atomic E-state index is 12.7. The summed E-state index contributed by atoms with van der Waals surface area (Å²) in [6.07, 6.45) is 5.81. The van der Waals surface area contributed by atoms with E-state index in [-0.39, 0.29) is 11.9 Å². The number of fused-ring (bicyclic) bond motifs is 1. The molecule has 1 saturated carbocycles. The molecule has 0 radical (unpaired) electrons. The first-order valence-corrected chi connectivity index (χ1v) is 7.16. The van der Waals surface area contributed by atoms with Crippen LogP contribution in [0.15, 0.2) is 42.7 Å². The van der Waals surface area contributed by atoms with Gasteiger partial charge in [0.1, 0.15) is 0 Å². The molecule has 100 valence electrons. The van der Waals surface area contributed by atoms with Gasteiger partial charge >= 0.3 is 0 Å². The van der Waals surface area contributed by atoms with E-state index in [1.165, 1.54) is 12.8 Å². The van der Waals surface area contributed by atoms with Gasteiger partial charge in [0.15, 0.2) is 0 Å². The maximum Gasteiger partial charge on any atom is 0.259 e. The van der Waals surface area contributed by atoms with E-state index in [0.717, 1.165) is 16.8 Å². The predicted octanol–water partition coefficient (Wildman–Crippen LogP) is 3.85. The third kappa shape index (κ3) is 1.74. The second-order valence-electron chi connectivity index (χ2n) is 5.40.